The smallest absolute Gasteiger partial charge is 0.236 e. The monoisotopic (exact) mass is 251 g/mol. The molecule has 0 aromatic carbocycles. The summed E-state index contributed by atoms with van der Waals surface area (Å²) in [6, 6.07) is 0. The van der Waals surface area contributed by atoms with Crippen molar-refractivity contribution in [1.29, 1.82) is 0 Å². The minimum Gasteiger partial charge on any atom is -0.251 e. The zero-order valence-electron chi connectivity index (χ0n) is 6.15. The molecule has 7 heteroatoms. The number of hydrogen-bond donors (Lipinski definition) is 1. The van der Waals surface area contributed by atoms with E-state index in [2.05, 4.69) is 30.6 Å². The molecule has 0 bridgehead atoms. The second-order valence-corrected chi connectivity index (χ2v) is 4.76. The lowest BCUT2D eigenvalue weighted by Gasteiger charge is -1.99. The van der Waals surface area contributed by atoms with Crippen LogP contribution in [0, 0.1) is 0 Å². The number of halogens is 1. The van der Waals surface area contributed by atoms with Crippen molar-refractivity contribution >= 4 is 31.9 Å². The molecule has 0 radical (unpaired) electrons. The molecular weight excluding hydrogens is 246 g/mol. The lowest BCUT2D eigenvalue weighted by molar-refractivity contribution is 0.606. The zero-order chi connectivity index (χ0) is 9.19. The Morgan fingerprint density at radius 3 is 2.33 bits per heavy atom. The van der Waals surface area contributed by atoms with Gasteiger partial charge in [0.25, 0.3) is 0 Å². The van der Waals surface area contributed by atoms with Crippen molar-refractivity contribution in [3.05, 3.63) is 16.9 Å². The summed E-state index contributed by atoms with van der Waals surface area (Å²) < 4.78 is 24.2. The molecule has 12 heavy (non-hydrogen) atoms. The van der Waals surface area contributed by atoms with Gasteiger partial charge >= 0.3 is 0 Å². The molecule has 0 unspecified atom stereocenters. The Bertz CT molecular complexity index is 361. The van der Waals surface area contributed by atoms with E-state index in [9.17, 15) is 8.42 Å². The van der Waals surface area contributed by atoms with Crippen LogP contribution in [0.1, 0.15) is 0 Å². The van der Waals surface area contributed by atoms with Gasteiger partial charge in [-0.25, -0.2) is 18.4 Å². The van der Waals surface area contributed by atoms with Gasteiger partial charge in [-0.2, -0.15) is 0 Å². The Morgan fingerprint density at radius 2 is 1.92 bits per heavy atom. The number of anilines is 1. The molecule has 66 valence electrons. The first-order chi connectivity index (χ1) is 5.47. The molecule has 0 aliphatic heterocycles. The summed E-state index contributed by atoms with van der Waals surface area (Å²) in [5, 5.41) is 0. The maximum atomic E-state index is 10.7. The van der Waals surface area contributed by atoms with Crippen LogP contribution >= 0.6 is 15.9 Å². The van der Waals surface area contributed by atoms with Gasteiger partial charge in [0.2, 0.25) is 16.0 Å². The number of rotatable bonds is 2. The Labute approximate surface area is 78.4 Å². The molecule has 1 N–H and O–H groups in total. The topological polar surface area (TPSA) is 72.0 Å². The van der Waals surface area contributed by atoms with Crippen molar-refractivity contribution in [2.45, 2.75) is 0 Å². The lowest BCUT2D eigenvalue weighted by atomic mass is 10.7. The fraction of sp³-hybridized carbons (Fsp3) is 0.200. The lowest BCUT2D eigenvalue weighted by Crippen LogP contribution is -2.11. The maximum Gasteiger partial charge on any atom is 0.236 e. The molecule has 0 aliphatic carbocycles. The van der Waals surface area contributed by atoms with Crippen LogP contribution in [0.2, 0.25) is 0 Å². The van der Waals surface area contributed by atoms with Crippen LogP contribution in [0.3, 0.4) is 0 Å². The van der Waals surface area contributed by atoms with E-state index < -0.39 is 10.0 Å². The standard InChI is InChI=1S/C5H6BrN3O2S/c1-12(10,11)9-5-7-2-4(6)3-8-5/h2-3H,1H3,(H,7,8,9). The molecule has 5 nitrogen and oxygen atoms in total. The van der Waals surface area contributed by atoms with Gasteiger partial charge in [0, 0.05) is 12.4 Å². The maximum absolute atomic E-state index is 10.7. The summed E-state index contributed by atoms with van der Waals surface area (Å²) in [5.74, 6) is 0.0701. The average Bonchev–Trinajstić information content (AvgIpc) is 1.91. The summed E-state index contributed by atoms with van der Waals surface area (Å²) in [4.78, 5) is 7.43. The number of hydrogen-bond acceptors (Lipinski definition) is 4. The number of nitrogens with one attached hydrogen (secondary N) is 1. The molecule has 1 heterocycles. The van der Waals surface area contributed by atoms with Crippen molar-refractivity contribution in [1.82, 2.24) is 9.97 Å². The molecule has 1 aromatic rings. The highest BCUT2D eigenvalue weighted by Gasteiger charge is 2.02. The van der Waals surface area contributed by atoms with Gasteiger partial charge in [-0.3, -0.25) is 4.72 Å². The van der Waals surface area contributed by atoms with Gasteiger partial charge in [-0.15, -0.1) is 0 Å². The van der Waals surface area contributed by atoms with E-state index in [1.807, 2.05) is 0 Å². The quantitative estimate of drug-likeness (QED) is 0.837. The third kappa shape index (κ3) is 3.14. The average molecular weight is 252 g/mol. The molecule has 0 saturated heterocycles. The molecule has 0 fully saturated rings. The van der Waals surface area contributed by atoms with Gasteiger partial charge in [0.05, 0.1) is 10.7 Å². The largest absolute Gasteiger partial charge is 0.251 e. The molecule has 1 aromatic heterocycles. The van der Waals surface area contributed by atoms with Crippen LogP contribution in [0.5, 0.6) is 0 Å². The van der Waals surface area contributed by atoms with E-state index in [-0.39, 0.29) is 5.95 Å². The van der Waals surface area contributed by atoms with Gasteiger partial charge < -0.3 is 0 Å². The molecule has 0 amide bonds. The summed E-state index contributed by atoms with van der Waals surface area (Å²) in [7, 11) is -3.28. The number of sulfonamides is 1. The van der Waals surface area contributed by atoms with Crippen LogP contribution in [0.25, 0.3) is 0 Å². The highest BCUT2D eigenvalue weighted by Crippen LogP contribution is 2.07. The van der Waals surface area contributed by atoms with Gasteiger partial charge in [-0.1, -0.05) is 0 Å². The van der Waals surface area contributed by atoms with Crippen LogP contribution in [0.4, 0.5) is 5.95 Å². The van der Waals surface area contributed by atoms with Crippen LogP contribution in [0.15, 0.2) is 16.9 Å². The van der Waals surface area contributed by atoms with Crippen molar-refractivity contribution in [2.75, 3.05) is 11.0 Å². The summed E-state index contributed by atoms with van der Waals surface area (Å²) in [5.41, 5.74) is 0. The minimum atomic E-state index is -3.28. The second kappa shape index (κ2) is 3.36. The first-order valence-corrected chi connectivity index (χ1v) is 5.61. The van der Waals surface area contributed by atoms with E-state index in [1.165, 1.54) is 12.4 Å². The van der Waals surface area contributed by atoms with Crippen molar-refractivity contribution < 1.29 is 8.42 Å². The normalized spacial score (nSPS) is 11.2. The van der Waals surface area contributed by atoms with E-state index in [0.29, 0.717) is 4.47 Å². The van der Waals surface area contributed by atoms with Gasteiger partial charge in [0.1, 0.15) is 0 Å². The molecule has 0 aliphatic rings. The minimum absolute atomic E-state index is 0.0701. The first-order valence-electron chi connectivity index (χ1n) is 2.93. The molecule has 1 rings (SSSR count). The van der Waals surface area contributed by atoms with E-state index in [4.69, 9.17) is 0 Å². The van der Waals surface area contributed by atoms with Gasteiger partial charge in [0.15, 0.2) is 0 Å². The van der Waals surface area contributed by atoms with E-state index >= 15 is 0 Å². The third-order valence-corrected chi connectivity index (χ3v) is 1.86. The number of nitrogens with zero attached hydrogens (tertiary/aromatic N) is 2. The van der Waals surface area contributed by atoms with Crippen LogP contribution < -0.4 is 4.72 Å². The molecule has 0 spiro atoms. The summed E-state index contributed by atoms with van der Waals surface area (Å²) in [6.45, 7) is 0. The first kappa shape index (κ1) is 9.40. The van der Waals surface area contributed by atoms with Gasteiger partial charge in [-0.05, 0) is 15.9 Å². The van der Waals surface area contributed by atoms with E-state index in [0.717, 1.165) is 6.26 Å². The van der Waals surface area contributed by atoms with Crippen molar-refractivity contribution in [3.63, 3.8) is 0 Å². The Morgan fingerprint density at radius 1 is 1.42 bits per heavy atom. The molecule has 0 atom stereocenters. The van der Waals surface area contributed by atoms with Crippen molar-refractivity contribution in [2.24, 2.45) is 0 Å². The molecular formula is C5H6BrN3O2S. The Balaban J connectivity index is 2.85. The predicted molar refractivity (Wildman–Crippen MR) is 48.2 cm³/mol. The fourth-order valence-electron chi connectivity index (χ4n) is 0.531. The second-order valence-electron chi connectivity index (χ2n) is 2.10. The van der Waals surface area contributed by atoms with Crippen molar-refractivity contribution in [3.8, 4) is 0 Å². The highest BCUT2D eigenvalue weighted by atomic mass is 79.9. The number of aromatic nitrogens is 2. The van der Waals surface area contributed by atoms with E-state index in [1.54, 1.807) is 0 Å². The summed E-state index contributed by atoms with van der Waals surface area (Å²) in [6.07, 6.45) is 3.96. The van der Waals surface area contributed by atoms with Crippen LogP contribution in [-0.2, 0) is 10.0 Å². The third-order valence-electron chi connectivity index (χ3n) is 0.897. The Hall–Kier alpha value is -0.690. The zero-order valence-corrected chi connectivity index (χ0v) is 8.55. The highest BCUT2D eigenvalue weighted by molar-refractivity contribution is 9.10. The SMILES string of the molecule is CS(=O)(=O)Nc1ncc(Br)cn1. The predicted octanol–water partition coefficient (Wildman–Crippen LogP) is 0.611. The molecule has 0 saturated carbocycles. The Kier molecular flexibility index (Phi) is 2.63. The van der Waals surface area contributed by atoms with Crippen LogP contribution in [-0.4, -0.2) is 24.6 Å². The summed E-state index contributed by atoms with van der Waals surface area (Å²) >= 11 is 3.12. The fourth-order valence-corrected chi connectivity index (χ4v) is 1.17.